The van der Waals surface area contributed by atoms with Crippen LogP contribution in [0.25, 0.3) is 10.8 Å². The zero-order valence-corrected chi connectivity index (χ0v) is 8.61. The first-order valence-electron chi connectivity index (χ1n) is 5.56. The Morgan fingerprint density at radius 3 is 2.27 bits per heavy atom. The van der Waals surface area contributed by atoms with Crippen LogP contribution in [0.5, 0.6) is 5.75 Å². The number of phenols is 1. The first-order valence-corrected chi connectivity index (χ1v) is 5.56. The van der Waals surface area contributed by atoms with Crippen molar-refractivity contribution < 1.29 is 5.11 Å². The monoisotopic (exact) mass is 198 g/mol. The minimum Gasteiger partial charge on any atom is -0.508 e. The lowest BCUT2D eigenvalue weighted by Crippen LogP contribution is -2.08. The van der Waals surface area contributed by atoms with E-state index in [2.05, 4.69) is 12.1 Å². The van der Waals surface area contributed by atoms with Crippen LogP contribution in [-0.4, -0.2) is 5.11 Å². The maximum absolute atomic E-state index is 9.94. The van der Waals surface area contributed by atoms with E-state index in [0.717, 1.165) is 10.9 Å². The van der Waals surface area contributed by atoms with Crippen molar-refractivity contribution in [3.05, 3.63) is 42.0 Å². The Balaban J connectivity index is 2.17. The maximum atomic E-state index is 9.94. The maximum Gasteiger partial charge on any atom is 0.119 e. The molecule has 0 amide bonds. The third-order valence-corrected chi connectivity index (χ3v) is 3.44. The highest BCUT2D eigenvalue weighted by molar-refractivity contribution is 5.85. The summed E-state index contributed by atoms with van der Waals surface area (Å²) in [5, 5.41) is 12.3. The molecule has 0 atom stereocenters. The van der Waals surface area contributed by atoms with E-state index in [0.29, 0.717) is 11.7 Å². The van der Waals surface area contributed by atoms with Gasteiger partial charge in [0.2, 0.25) is 0 Å². The van der Waals surface area contributed by atoms with Crippen LogP contribution in [0.3, 0.4) is 0 Å². The van der Waals surface area contributed by atoms with E-state index in [4.69, 9.17) is 0 Å². The lowest BCUT2D eigenvalue weighted by atomic mass is 9.79. The van der Waals surface area contributed by atoms with Crippen LogP contribution in [-0.2, 0) is 0 Å². The molecule has 76 valence electrons. The molecule has 15 heavy (non-hydrogen) atoms. The van der Waals surface area contributed by atoms with Crippen molar-refractivity contribution in [2.24, 2.45) is 0 Å². The molecule has 1 aliphatic carbocycles. The van der Waals surface area contributed by atoms with Gasteiger partial charge >= 0.3 is 0 Å². The van der Waals surface area contributed by atoms with Crippen molar-refractivity contribution in [3.8, 4) is 5.75 Å². The summed E-state index contributed by atoms with van der Waals surface area (Å²) in [5.74, 6) is 1.06. The van der Waals surface area contributed by atoms with Crippen molar-refractivity contribution in [2.45, 2.75) is 25.2 Å². The minimum absolute atomic E-state index is 0.471. The number of benzene rings is 2. The molecule has 2 aromatic carbocycles. The number of hydrogen-bond donors (Lipinski definition) is 1. The van der Waals surface area contributed by atoms with Gasteiger partial charge in [-0.3, -0.25) is 0 Å². The molecule has 0 bridgehead atoms. The van der Waals surface area contributed by atoms with Crippen LogP contribution < -0.4 is 0 Å². The van der Waals surface area contributed by atoms with E-state index in [1.807, 2.05) is 24.3 Å². The van der Waals surface area contributed by atoms with Crippen LogP contribution in [0, 0.1) is 0 Å². The molecule has 1 aliphatic rings. The largest absolute Gasteiger partial charge is 0.508 e. The van der Waals surface area contributed by atoms with Gasteiger partial charge in [-0.1, -0.05) is 30.7 Å². The first-order chi connectivity index (χ1) is 7.34. The van der Waals surface area contributed by atoms with E-state index in [9.17, 15) is 5.11 Å². The predicted octanol–water partition coefficient (Wildman–Crippen LogP) is 3.81. The SMILES string of the molecule is Oc1cc2ccccc2cc1C1CCC1. The zero-order valence-electron chi connectivity index (χ0n) is 8.61. The average molecular weight is 198 g/mol. The third kappa shape index (κ3) is 1.39. The normalized spacial score (nSPS) is 16.5. The lowest BCUT2D eigenvalue weighted by molar-refractivity contribution is 0.394. The van der Waals surface area contributed by atoms with Gasteiger partial charge < -0.3 is 5.11 Å². The van der Waals surface area contributed by atoms with Crippen molar-refractivity contribution in [1.29, 1.82) is 0 Å². The summed E-state index contributed by atoms with van der Waals surface area (Å²) < 4.78 is 0. The minimum atomic E-state index is 0.471. The molecule has 0 radical (unpaired) electrons. The van der Waals surface area contributed by atoms with Crippen LogP contribution in [0.4, 0.5) is 0 Å². The number of hydrogen-bond acceptors (Lipinski definition) is 1. The lowest BCUT2D eigenvalue weighted by Gasteiger charge is -2.26. The molecule has 3 rings (SSSR count). The second kappa shape index (κ2) is 3.27. The Kier molecular flexibility index (Phi) is 1.91. The predicted molar refractivity (Wildman–Crippen MR) is 62.2 cm³/mol. The van der Waals surface area contributed by atoms with Gasteiger partial charge in [-0.15, -0.1) is 0 Å². The molecule has 0 unspecified atom stereocenters. The molecule has 0 heterocycles. The fourth-order valence-corrected chi connectivity index (χ4v) is 2.29. The highest BCUT2D eigenvalue weighted by atomic mass is 16.3. The molecular formula is C14H14O. The molecule has 1 saturated carbocycles. The van der Waals surface area contributed by atoms with Gasteiger partial charge in [0.15, 0.2) is 0 Å². The van der Waals surface area contributed by atoms with E-state index < -0.39 is 0 Å². The Bertz CT molecular complexity index is 498. The highest BCUT2D eigenvalue weighted by Crippen LogP contribution is 2.41. The Hall–Kier alpha value is -1.50. The topological polar surface area (TPSA) is 20.2 Å². The van der Waals surface area contributed by atoms with Gasteiger partial charge in [0.1, 0.15) is 5.75 Å². The summed E-state index contributed by atoms with van der Waals surface area (Å²) in [6, 6.07) is 12.2. The van der Waals surface area contributed by atoms with Crippen molar-refractivity contribution in [3.63, 3.8) is 0 Å². The molecule has 0 saturated heterocycles. The molecule has 0 spiro atoms. The standard InChI is InChI=1S/C14H14O/c15-14-9-12-5-2-1-4-11(12)8-13(14)10-6-3-7-10/h1-2,4-5,8-10,15H,3,6-7H2. The van der Waals surface area contributed by atoms with Gasteiger partial charge in [0.05, 0.1) is 0 Å². The highest BCUT2D eigenvalue weighted by Gasteiger charge is 2.22. The van der Waals surface area contributed by atoms with Crippen LogP contribution in [0.2, 0.25) is 0 Å². The third-order valence-electron chi connectivity index (χ3n) is 3.44. The molecule has 1 fully saturated rings. The average Bonchev–Trinajstić information content (AvgIpc) is 2.16. The Morgan fingerprint density at radius 2 is 1.67 bits per heavy atom. The van der Waals surface area contributed by atoms with Crippen molar-refractivity contribution in [1.82, 2.24) is 0 Å². The Morgan fingerprint density at radius 1 is 1.00 bits per heavy atom. The Labute approximate surface area is 89.4 Å². The molecule has 1 nitrogen and oxygen atoms in total. The van der Waals surface area contributed by atoms with Gasteiger partial charge in [0.25, 0.3) is 0 Å². The van der Waals surface area contributed by atoms with Crippen LogP contribution >= 0.6 is 0 Å². The fraction of sp³-hybridized carbons (Fsp3) is 0.286. The van der Waals surface area contributed by atoms with Gasteiger partial charge in [-0.25, -0.2) is 0 Å². The molecule has 0 aromatic heterocycles. The zero-order chi connectivity index (χ0) is 10.3. The smallest absolute Gasteiger partial charge is 0.119 e. The second-order valence-corrected chi connectivity index (χ2v) is 4.39. The summed E-state index contributed by atoms with van der Waals surface area (Å²) in [4.78, 5) is 0. The molecular weight excluding hydrogens is 184 g/mol. The number of aromatic hydroxyl groups is 1. The number of phenolic OH excluding ortho intramolecular Hbond substituents is 1. The quantitative estimate of drug-likeness (QED) is 0.738. The summed E-state index contributed by atoms with van der Waals surface area (Å²) >= 11 is 0. The second-order valence-electron chi connectivity index (χ2n) is 4.39. The molecule has 0 aliphatic heterocycles. The van der Waals surface area contributed by atoms with E-state index in [1.54, 1.807) is 0 Å². The van der Waals surface area contributed by atoms with Crippen LogP contribution in [0.1, 0.15) is 30.7 Å². The van der Waals surface area contributed by atoms with Gasteiger partial charge in [-0.2, -0.15) is 0 Å². The summed E-state index contributed by atoms with van der Waals surface area (Å²) in [6.45, 7) is 0. The summed E-state index contributed by atoms with van der Waals surface area (Å²) in [6.07, 6.45) is 3.76. The first kappa shape index (κ1) is 8.78. The van der Waals surface area contributed by atoms with Crippen molar-refractivity contribution in [2.75, 3.05) is 0 Å². The molecule has 2 aromatic rings. The van der Waals surface area contributed by atoms with Crippen LogP contribution in [0.15, 0.2) is 36.4 Å². The van der Waals surface area contributed by atoms with Crippen molar-refractivity contribution >= 4 is 10.8 Å². The molecule has 1 heteroatoms. The number of fused-ring (bicyclic) bond motifs is 1. The molecule has 1 N–H and O–H groups in total. The van der Waals surface area contributed by atoms with E-state index in [1.165, 1.54) is 24.6 Å². The van der Waals surface area contributed by atoms with E-state index in [-0.39, 0.29) is 0 Å². The van der Waals surface area contributed by atoms with Gasteiger partial charge in [0, 0.05) is 0 Å². The number of rotatable bonds is 1. The fourth-order valence-electron chi connectivity index (χ4n) is 2.29. The summed E-state index contributed by atoms with van der Waals surface area (Å²) in [5.41, 5.74) is 1.14. The van der Waals surface area contributed by atoms with Gasteiger partial charge in [-0.05, 0) is 47.2 Å². The summed E-state index contributed by atoms with van der Waals surface area (Å²) in [7, 11) is 0. The van der Waals surface area contributed by atoms with E-state index >= 15 is 0 Å².